The summed E-state index contributed by atoms with van der Waals surface area (Å²) in [7, 11) is 0. The molecule has 4 rings (SSSR count). The Hall–Kier alpha value is -1.78. The van der Waals surface area contributed by atoms with Crippen LogP contribution in [0.5, 0.6) is 0 Å². The van der Waals surface area contributed by atoms with E-state index in [1.165, 1.54) is 19.3 Å². The number of anilines is 2. The Morgan fingerprint density at radius 1 is 1.26 bits per heavy atom. The van der Waals surface area contributed by atoms with Crippen LogP contribution < -0.4 is 11.1 Å². The molecule has 0 saturated heterocycles. The highest BCUT2D eigenvalue weighted by molar-refractivity contribution is 5.75. The van der Waals surface area contributed by atoms with Gasteiger partial charge in [-0.05, 0) is 55.1 Å². The van der Waals surface area contributed by atoms with Crippen molar-refractivity contribution in [3.8, 4) is 0 Å². The molecule has 0 heterocycles. The standard InChI is InChI=1S/C14H17N3O2/c15-9-2-1-3-10(14(9)17(18)19)16-13-11-7-4-5-8(6-7)12(11)13/h1-3,7-8,11-13,16H,4-6,15H2. The normalized spacial score (nSPS) is 38.0. The van der Waals surface area contributed by atoms with Crippen molar-refractivity contribution in [1.29, 1.82) is 0 Å². The topological polar surface area (TPSA) is 81.2 Å². The van der Waals surface area contributed by atoms with Crippen LogP contribution in [0, 0.1) is 33.8 Å². The van der Waals surface area contributed by atoms with Gasteiger partial charge in [0.25, 0.3) is 0 Å². The van der Waals surface area contributed by atoms with Crippen molar-refractivity contribution in [1.82, 2.24) is 0 Å². The lowest BCUT2D eigenvalue weighted by atomic mass is 10.0. The van der Waals surface area contributed by atoms with Crippen LogP contribution in [0.3, 0.4) is 0 Å². The van der Waals surface area contributed by atoms with Crippen LogP contribution in [-0.4, -0.2) is 11.0 Å². The van der Waals surface area contributed by atoms with Gasteiger partial charge < -0.3 is 11.1 Å². The number of benzene rings is 1. The molecule has 3 saturated carbocycles. The fraction of sp³-hybridized carbons (Fsp3) is 0.571. The average molecular weight is 259 g/mol. The molecule has 1 aromatic carbocycles. The molecule has 100 valence electrons. The molecule has 0 spiro atoms. The maximum absolute atomic E-state index is 11.1. The first-order valence-corrected chi connectivity index (χ1v) is 6.96. The summed E-state index contributed by atoms with van der Waals surface area (Å²) < 4.78 is 0. The van der Waals surface area contributed by atoms with E-state index in [1.807, 2.05) is 0 Å². The number of nitrogens with one attached hydrogen (secondary N) is 1. The predicted octanol–water partition coefficient (Wildman–Crippen LogP) is 2.63. The molecular weight excluding hydrogens is 242 g/mol. The van der Waals surface area contributed by atoms with E-state index >= 15 is 0 Å². The first-order valence-electron chi connectivity index (χ1n) is 6.96. The zero-order valence-corrected chi connectivity index (χ0v) is 10.6. The third kappa shape index (κ3) is 1.47. The molecule has 0 radical (unpaired) electrons. The summed E-state index contributed by atoms with van der Waals surface area (Å²) in [5.41, 5.74) is 6.57. The third-order valence-corrected chi connectivity index (χ3v) is 5.31. The van der Waals surface area contributed by atoms with Gasteiger partial charge in [0.1, 0.15) is 11.4 Å². The molecule has 0 aromatic heterocycles. The lowest BCUT2D eigenvalue weighted by molar-refractivity contribution is -0.383. The molecule has 4 unspecified atom stereocenters. The minimum Gasteiger partial charge on any atom is -0.393 e. The molecule has 0 aliphatic heterocycles. The zero-order chi connectivity index (χ0) is 13.1. The Kier molecular flexibility index (Phi) is 2.11. The van der Waals surface area contributed by atoms with E-state index in [2.05, 4.69) is 5.32 Å². The van der Waals surface area contributed by atoms with Crippen LogP contribution in [0.1, 0.15) is 19.3 Å². The van der Waals surface area contributed by atoms with Crippen molar-refractivity contribution in [2.45, 2.75) is 25.3 Å². The molecule has 3 fully saturated rings. The summed E-state index contributed by atoms with van der Waals surface area (Å²) in [5, 5.41) is 14.5. The summed E-state index contributed by atoms with van der Waals surface area (Å²) in [6.07, 6.45) is 4.08. The molecule has 5 heteroatoms. The van der Waals surface area contributed by atoms with Crippen LogP contribution >= 0.6 is 0 Å². The van der Waals surface area contributed by atoms with Gasteiger partial charge >= 0.3 is 5.69 Å². The average Bonchev–Trinajstić information content (AvgIpc) is 2.78. The maximum atomic E-state index is 11.1. The molecule has 4 atom stereocenters. The minimum atomic E-state index is -0.384. The SMILES string of the molecule is Nc1cccc(NC2C3C4CCC(C4)C23)c1[N+](=O)[O-]. The van der Waals surface area contributed by atoms with Gasteiger partial charge in [0, 0.05) is 6.04 Å². The minimum absolute atomic E-state index is 0.0276. The summed E-state index contributed by atoms with van der Waals surface area (Å²) in [4.78, 5) is 10.7. The van der Waals surface area contributed by atoms with Gasteiger partial charge in [-0.2, -0.15) is 0 Å². The quantitative estimate of drug-likeness (QED) is 0.496. The number of nitro benzene ring substituents is 1. The molecule has 5 nitrogen and oxygen atoms in total. The van der Waals surface area contributed by atoms with Gasteiger partial charge in [0.15, 0.2) is 0 Å². The van der Waals surface area contributed by atoms with Crippen LogP contribution in [0.2, 0.25) is 0 Å². The molecule has 3 N–H and O–H groups in total. The van der Waals surface area contributed by atoms with Gasteiger partial charge in [-0.3, -0.25) is 10.1 Å². The van der Waals surface area contributed by atoms with Gasteiger partial charge in [-0.25, -0.2) is 0 Å². The summed E-state index contributed by atoms with van der Waals surface area (Å²) in [5.74, 6) is 3.21. The zero-order valence-electron chi connectivity index (χ0n) is 10.6. The van der Waals surface area contributed by atoms with Crippen LogP contribution in [0.4, 0.5) is 17.1 Å². The molecule has 3 aliphatic rings. The maximum Gasteiger partial charge on any atom is 0.314 e. The highest BCUT2D eigenvalue weighted by atomic mass is 16.6. The fourth-order valence-electron chi connectivity index (χ4n) is 4.58. The first-order chi connectivity index (χ1) is 9.16. The lowest BCUT2D eigenvalue weighted by Crippen LogP contribution is -2.14. The molecule has 1 aromatic rings. The highest BCUT2D eigenvalue weighted by Crippen LogP contribution is 2.66. The summed E-state index contributed by atoms with van der Waals surface area (Å²) in [6.45, 7) is 0. The second kappa shape index (κ2) is 3.62. The third-order valence-electron chi connectivity index (χ3n) is 5.31. The molecule has 19 heavy (non-hydrogen) atoms. The highest BCUT2D eigenvalue weighted by Gasteiger charge is 2.65. The number of hydrogen-bond acceptors (Lipinski definition) is 4. The van der Waals surface area contributed by atoms with Gasteiger partial charge in [0.05, 0.1) is 4.92 Å². The predicted molar refractivity (Wildman–Crippen MR) is 72.7 cm³/mol. The Labute approximate surface area is 111 Å². The summed E-state index contributed by atoms with van der Waals surface area (Å²) in [6, 6.07) is 5.56. The van der Waals surface area contributed by atoms with Crippen molar-refractivity contribution in [3.05, 3.63) is 28.3 Å². The van der Waals surface area contributed by atoms with E-state index in [-0.39, 0.29) is 16.3 Å². The smallest absolute Gasteiger partial charge is 0.314 e. The Balaban J connectivity index is 1.59. The van der Waals surface area contributed by atoms with Crippen molar-refractivity contribution in [3.63, 3.8) is 0 Å². The number of nitrogens with zero attached hydrogens (tertiary/aromatic N) is 1. The number of rotatable bonds is 3. The van der Waals surface area contributed by atoms with E-state index in [0.29, 0.717) is 11.7 Å². The molecular formula is C14H17N3O2. The molecule has 3 aliphatic carbocycles. The van der Waals surface area contributed by atoms with E-state index in [1.54, 1.807) is 18.2 Å². The number of nitrogen functional groups attached to an aromatic ring is 1. The number of para-hydroxylation sites is 1. The Bertz CT molecular complexity index is 544. The summed E-state index contributed by atoms with van der Waals surface area (Å²) >= 11 is 0. The van der Waals surface area contributed by atoms with Gasteiger partial charge in [0.2, 0.25) is 0 Å². The lowest BCUT2D eigenvalue weighted by Gasteiger charge is -2.12. The van der Waals surface area contributed by atoms with E-state index in [0.717, 1.165) is 23.7 Å². The van der Waals surface area contributed by atoms with Crippen LogP contribution in [0.15, 0.2) is 18.2 Å². The van der Waals surface area contributed by atoms with Crippen LogP contribution in [-0.2, 0) is 0 Å². The Morgan fingerprint density at radius 2 is 1.95 bits per heavy atom. The molecule has 0 amide bonds. The first kappa shape index (κ1) is 11.1. The van der Waals surface area contributed by atoms with Crippen molar-refractivity contribution < 1.29 is 4.92 Å². The fourth-order valence-corrected chi connectivity index (χ4v) is 4.58. The number of fused-ring (bicyclic) bond motifs is 5. The van der Waals surface area contributed by atoms with E-state index in [4.69, 9.17) is 5.73 Å². The van der Waals surface area contributed by atoms with Gasteiger partial charge in [-0.1, -0.05) is 6.07 Å². The molecule has 2 bridgehead atoms. The van der Waals surface area contributed by atoms with Crippen molar-refractivity contribution >= 4 is 17.1 Å². The Morgan fingerprint density at radius 3 is 2.58 bits per heavy atom. The van der Waals surface area contributed by atoms with E-state index < -0.39 is 0 Å². The van der Waals surface area contributed by atoms with Gasteiger partial charge in [-0.15, -0.1) is 0 Å². The number of nitrogens with two attached hydrogens (primary N) is 1. The number of nitro groups is 1. The second-order valence-corrected chi connectivity index (χ2v) is 6.16. The monoisotopic (exact) mass is 259 g/mol. The van der Waals surface area contributed by atoms with E-state index in [9.17, 15) is 10.1 Å². The van der Waals surface area contributed by atoms with Crippen LogP contribution in [0.25, 0.3) is 0 Å². The van der Waals surface area contributed by atoms with Crippen molar-refractivity contribution in [2.24, 2.45) is 23.7 Å². The largest absolute Gasteiger partial charge is 0.393 e. The number of hydrogen-bond donors (Lipinski definition) is 2. The van der Waals surface area contributed by atoms with Crippen molar-refractivity contribution in [2.75, 3.05) is 11.1 Å². The second-order valence-electron chi connectivity index (χ2n) is 6.16.